The molecule has 19 heavy (non-hydrogen) atoms. The topological polar surface area (TPSA) is 39.1 Å². The Morgan fingerprint density at radius 1 is 1.47 bits per heavy atom. The second-order valence-corrected chi connectivity index (χ2v) is 5.05. The minimum Gasteiger partial charge on any atom is -0.380 e. The molecule has 2 unspecified atom stereocenters. The normalized spacial score (nSPS) is 22.6. The third-order valence-electron chi connectivity index (χ3n) is 3.58. The summed E-state index contributed by atoms with van der Waals surface area (Å²) in [6, 6.07) is 8.96. The molecule has 1 aromatic carbocycles. The number of anilines is 1. The summed E-state index contributed by atoms with van der Waals surface area (Å²) >= 11 is 0. The zero-order chi connectivity index (χ0) is 13.1. The molecular formula is C15H19N3O. The standard InChI is InChI=1S/C15H19N3O/c1-12-15(5-8-19-12)17-14-4-2-3-13(9-14)10-18-7-6-16-11-18/h2-4,6-7,9,11-12,15,17H,5,8,10H2,1H3. The maximum absolute atomic E-state index is 5.58. The van der Waals surface area contributed by atoms with Crippen molar-refractivity contribution in [3.63, 3.8) is 0 Å². The van der Waals surface area contributed by atoms with Crippen LogP contribution in [0.5, 0.6) is 0 Å². The number of nitrogens with zero attached hydrogens (tertiary/aromatic N) is 2. The Morgan fingerprint density at radius 3 is 3.16 bits per heavy atom. The van der Waals surface area contributed by atoms with Crippen LogP contribution in [-0.2, 0) is 11.3 Å². The average molecular weight is 257 g/mol. The molecule has 2 aromatic rings. The SMILES string of the molecule is CC1OCCC1Nc1cccc(Cn2ccnc2)c1. The first kappa shape index (κ1) is 12.2. The third-order valence-corrected chi connectivity index (χ3v) is 3.58. The number of nitrogens with one attached hydrogen (secondary N) is 1. The lowest BCUT2D eigenvalue weighted by Gasteiger charge is -2.18. The summed E-state index contributed by atoms with van der Waals surface area (Å²) in [5, 5.41) is 3.56. The number of aromatic nitrogens is 2. The molecule has 4 nitrogen and oxygen atoms in total. The van der Waals surface area contributed by atoms with E-state index >= 15 is 0 Å². The van der Waals surface area contributed by atoms with Crippen LogP contribution in [0.25, 0.3) is 0 Å². The van der Waals surface area contributed by atoms with E-state index in [1.165, 1.54) is 11.3 Å². The van der Waals surface area contributed by atoms with Crippen molar-refractivity contribution < 1.29 is 4.74 Å². The molecule has 3 rings (SSSR count). The summed E-state index contributed by atoms with van der Waals surface area (Å²) in [7, 11) is 0. The zero-order valence-corrected chi connectivity index (χ0v) is 11.1. The molecule has 1 saturated heterocycles. The van der Waals surface area contributed by atoms with Gasteiger partial charge in [-0.25, -0.2) is 4.98 Å². The van der Waals surface area contributed by atoms with Crippen LogP contribution in [-0.4, -0.2) is 28.3 Å². The number of hydrogen-bond donors (Lipinski definition) is 1. The summed E-state index contributed by atoms with van der Waals surface area (Å²) < 4.78 is 7.65. The van der Waals surface area contributed by atoms with E-state index in [-0.39, 0.29) is 6.10 Å². The molecule has 0 amide bonds. The lowest BCUT2D eigenvalue weighted by Crippen LogP contribution is -2.26. The molecular weight excluding hydrogens is 238 g/mol. The maximum atomic E-state index is 5.58. The van der Waals surface area contributed by atoms with E-state index in [1.807, 2.05) is 12.5 Å². The minimum atomic E-state index is 0.289. The molecule has 2 heterocycles. The molecule has 1 aromatic heterocycles. The van der Waals surface area contributed by atoms with Crippen molar-refractivity contribution in [2.75, 3.05) is 11.9 Å². The Labute approximate surface area is 113 Å². The van der Waals surface area contributed by atoms with Gasteiger partial charge in [-0.2, -0.15) is 0 Å². The van der Waals surface area contributed by atoms with Gasteiger partial charge in [-0.05, 0) is 31.0 Å². The van der Waals surface area contributed by atoms with E-state index in [2.05, 4.69) is 46.1 Å². The zero-order valence-electron chi connectivity index (χ0n) is 11.1. The van der Waals surface area contributed by atoms with Crippen LogP contribution in [0, 0.1) is 0 Å². The highest BCUT2D eigenvalue weighted by molar-refractivity contribution is 5.47. The highest BCUT2D eigenvalue weighted by atomic mass is 16.5. The van der Waals surface area contributed by atoms with E-state index in [0.29, 0.717) is 6.04 Å². The Bertz CT molecular complexity index is 524. The molecule has 0 spiro atoms. The maximum Gasteiger partial charge on any atom is 0.0949 e. The van der Waals surface area contributed by atoms with Crippen molar-refractivity contribution in [1.29, 1.82) is 0 Å². The van der Waals surface area contributed by atoms with Crippen LogP contribution >= 0.6 is 0 Å². The molecule has 1 N–H and O–H groups in total. The average Bonchev–Trinajstić information content (AvgIpc) is 3.03. The van der Waals surface area contributed by atoms with Gasteiger partial charge in [0, 0.05) is 31.2 Å². The molecule has 0 aliphatic carbocycles. The van der Waals surface area contributed by atoms with Crippen molar-refractivity contribution in [3.8, 4) is 0 Å². The van der Waals surface area contributed by atoms with Gasteiger partial charge >= 0.3 is 0 Å². The van der Waals surface area contributed by atoms with E-state index in [1.54, 1.807) is 6.20 Å². The van der Waals surface area contributed by atoms with Crippen LogP contribution in [0.3, 0.4) is 0 Å². The van der Waals surface area contributed by atoms with Gasteiger partial charge in [-0.15, -0.1) is 0 Å². The van der Waals surface area contributed by atoms with E-state index in [0.717, 1.165) is 19.6 Å². The predicted octanol–water partition coefficient (Wildman–Crippen LogP) is 2.52. The fraction of sp³-hybridized carbons (Fsp3) is 0.400. The first-order valence-corrected chi connectivity index (χ1v) is 6.74. The number of hydrogen-bond acceptors (Lipinski definition) is 3. The highest BCUT2D eigenvalue weighted by Crippen LogP contribution is 2.20. The van der Waals surface area contributed by atoms with Crippen molar-refractivity contribution in [2.24, 2.45) is 0 Å². The van der Waals surface area contributed by atoms with Gasteiger partial charge in [0.2, 0.25) is 0 Å². The van der Waals surface area contributed by atoms with Gasteiger partial charge in [0.25, 0.3) is 0 Å². The molecule has 100 valence electrons. The lowest BCUT2D eigenvalue weighted by atomic mass is 10.1. The number of rotatable bonds is 4. The molecule has 0 radical (unpaired) electrons. The van der Waals surface area contributed by atoms with E-state index in [4.69, 9.17) is 4.74 Å². The molecule has 0 bridgehead atoms. The van der Waals surface area contributed by atoms with Crippen LogP contribution < -0.4 is 5.32 Å². The van der Waals surface area contributed by atoms with Crippen LogP contribution in [0.2, 0.25) is 0 Å². The third kappa shape index (κ3) is 2.96. The molecule has 0 saturated carbocycles. The Morgan fingerprint density at radius 2 is 2.42 bits per heavy atom. The fourth-order valence-corrected chi connectivity index (χ4v) is 2.49. The van der Waals surface area contributed by atoms with Crippen molar-refractivity contribution in [3.05, 3.63) is 48.5 Å². The van der Waals surface area contributed by atoms with E-state index in [9.17, 15) is 0 Å². The molecule has 1 fully saturated rings. The molecule has 4 heteroatoms. The lowest BCUT2D eigenvalue weighted by molar-refractivity contribution is 0.121. The van der Waals surface area contributed by atoms with Gasteiger partial charge in [0.1, 0.15) is 0 Å². The minimum absolute atomic E-state index is 0.289. The van der Waals surface area contributed by atoms with Gasteiger partial charge in [-0.3, -0.25) is 0 Å². The largest absolute Gasteiger partial charge is 0.380 e. The second kappa shape index (κ2) is 5.45. The quantitative estimate of drug-likeness (QED) is 0.914. The Hall–Kier alpha value is -1.81. The number of imidazole rings is 1. The van der Waals surface area contributed by atoms with E-state index < -0.39 is 0 Å². The summed E-state index contributed by atoms with van der Waals surface area (Å²) in [5.74, 6) is 0. The fourth-order valence-electron chi connectivity index (χ4n) is 2.49. The molecule has 1 aliphatic heterocycles. The smallest absolute Gasteiger partial charge is 0.0949 e. The summed E-state index contributed by atoms with van der Waals surface area (Å²) in [4.78, 5) is 4.06. The van der Waals surface area contributed by atoms with Crippen LogP contribution in [0.15, 0.2) is 43.0 Å². The summed E-state index contributed by atoms with van der Waals surface area (Å²) in [5.41, 5.74) is 2.44. The summed E-state index contributed by atoms with van der Waals surface area (Å²) in [6.45, 7) is 3.83. The number of benzene rings is 1. The number of ether oxygens (including phenoxy) is 1. The monoisotopic (exact) mass is 257 g/mol. The predicted molar refractivity (Wildman–Crippen MR) is 75.2 cm³/mol. The highest BCUT2D eigenvalue weighted by Gasteiger charge is 2.23. The van der Waals surface area contributed by atoms with Gasteiger partial charge in [0.05, 0.1) is 18.5 Å². The second-order valence-electron chi connectivity index (χ2n) is 5.05. The first-order chi connectivity index (χ1) is 9.31. The Kier molecular flexibility index (Phi) is 3.51. The first-order valence-electron chi connectivity index (χ1n) is 6.74. The van der Waals surface area contributed by atoms with Crippen LogP contribution in [0.1, 0.15) is 18.9 Å². The van der Waals surface area contributed by atoms with Crippen molar-refractivity contribution >= 4 is 5.69 Å². The van der Waals surface area contributed by atoms with Crippen molar-refractivity contribution in [2.45, 2.75) is 32.0 Å². The summed E-state index contributed by atoms with van der Waals surface area (Å²) in [6.07, 6.45) is 6.99. The van der Waals surface area contributed by atoms with Crippen LogP contribution in [0.4, 0.5) is 5.69 Å². The Balaban J connectivity index is 1.69. The van der Waals surface area contributed by atoms with Gasteiger partial charge in [-0.1, -0.05) is 12.1 Å². The van der Waals surface area contributed by atoms with Gasteiger partial charge < -0.3 is 14.6 Å². The molecule has 1 aliphatic rings. The van der Waals surface area contributed by atoms with Gasteiger partial charge in [0.15, 0.2) is 0 Å². The van der Waals surface area contributed by atoms with Crippen molar-refractivity contribution in [1.82, 2.24) is 9.55 Å². The molecule has 2 atom stereocenters.